The maximum Gasteiger partial charge on any atom is 0.226 e. The number of rotatable bonds is 2. The van der Waals surface area contributed by atoms with Crippen molar-refractivity contribution in [3.05, 3.63) is 0 Å². The van der Waals surface area contributed by atoms with E-state index in [0.29, 0.717) is 12.0 Å². The molecule has 4 heteroatoms. The Labute approximate surface area is 112 Å². The molecule has 3 nitrogen and oxygen atoms in total. The summed E-state index contributed by atoms with van der Waals surface area (Å²) in [6.45, 7) is 11.1. The molecule has 0 aromatic carbocycles. The minimum Gasteiger partial charge on any atom is -0.342 e. The molecule has 0 aromatic rings. The fourth-order valence-corrected chi connectivity index (χ4v) is 2.38. The summed E-state index contributed by atoms with van der Waals surface area (Å²) < 4.78 is 0. The van der Waals surface area contributed by atoms with Crippen LogP contribution < -0.4 is 5.73 Å². The van der Waals surface area contributed by atoms with E-state index in [1.165, 1.54) is 0 Å². The third-order valence-corrected chi connectivity index (χ3v) is 3.81. The maximum atomic E-state index is 11.9. The first-order chi connectivity index (χ1) is 7.36. The fraction of sp³-hybridized carbons (Fsp3) is 0.923. The van der Waals surface area contributed by atoms with Gasteiger partial charge in [-0.2, -0.15) is 0 Å². The van der Waals surface area contributed by atoms with Gasteiger partial charge < -0.3 is 10.6 Å². The Morgan fingerprint density at radius 2 is 1.82 bits per heavy atom. The van der Waals surface area contributed by atoms with Gasteiger partial charge in [-0.05, 0) is 24.2 Å². The number of nitrogens with zero attached hydrogens (tertiary/aromatic N) is 1. The number of halogens is 1. The summed E-state index contributed by atoms with van der Waals surface area (Å²) in [5.41, 5.74) is 5.90. The van der Waals surface area contributed by atoms with Crippen LogP contribution in [0.25, 0.3) is 0 Å². The Bertz CT molecular complexity index is 242. The fourth-order valence-electron chi connectivity index (χ4n) is 2.38. The molecule has 1 atom stereocenters. The van der Waals surface area contributed by atoms with Gasteiger partial charge >= 0.3 is 0 Å². The Morgan fingerprint density at radius 3 is 2.18 bits per heavy atom. The lowest BCUT2D eigenvalue weighted by atomic mass is 9.75. The zero-order valence-corrected chi connectivity index (χ0v) is 12.3. The molecule has 1 amide bonds. The van der Waals surface area contributed by atoms with Crippen LogP contribution >= 0.6 is 12.4 Å². The van der Waals surface area contributed by atoms with Crippen LogP contribution in [-0.2, 0) is 4.79 Å². The second kappa shape index (κ2) is 6.60. The monoisotopic (exact) mass is 262 g/mol. The van der Waals surface area contributed by atoms with Crippen molar-refractivity contribution in [2.45, 2.75) is 40.5 Å². The van der Waals surface area contributed by atoms with Gasteiger partial charge in [0.25, 0.3) is 0 Å². The van der Waals surface area contributed by atoms with Gasteiger partial charge in [-0.1, -0.05) is 27.7 Å². The molecule has 102 valence electrons. The van der Waals surface area contributed by atoms with Crippen LogP contribution in [0.3, 0.4) is 0 Å². The zero-order valence-electron chi connectivity index (χ0n) is 11.5. The summed E-state index contributed by atoms with van der Waals surface area (Å²) in [4.78, 5) is 13.9. The average Bonchev–Trinajstić information content (AvgIpc) is 2.26. The van der Waals surface area contributed by atoms with Crippen LogP contribution in [0.15, 0.2) is 0 Å². The van der Waals surface area contributed by atoms with E-state index >= 15 is 0 Å². The lowest BCUT2D eigenvalue weighted by Gasteiger charge is -2.39. The molecule has 0 aromatic heterocycles. The summed E-state index contributed by atoms with van der Waals surface area (Å²) in [5.74, 6) is 0.950. The quantitative estimate of drug-likeness (QED) is 0.830. The Morgan fingerprint density at radius 1 is 1.35 bits per heavy atom. The van der Waals surface area contributed by atoms with Crippen LogP contribution in [0.1, 0.15) is 40.5 Å². The van der Waals surface area contributed by atoms with Gasteiger partial charge in [-0.3, -0.25) is 4.79 Å². The number of hydrogen-bond acceptors (Lipinski definition) is 2. The first-order valence-corrected chi connectivity index (χ1v) is 6.35. The van der Waals surface area contributed by atoms with Crippen molar-refractivity contribution < 1.29 is 4.79 Å². The lowest BCUT2D eigenvalue weighted by molar-refractivity contribution is -0.136. The largest absolute Gasteiger partial charge is 0.342 e. The molecule has 1 unspecified atom stereocenters. The van der Waals surface area contributed by atoms with Crippen LogP contribution in [0.5, 0.6) is 0 Å². The molecule has 0 aliphatic carbocycles. The highest BCUT2D eigenvalue weighted by Gasteiger charge is 2.31. The molecular weight excluding hydrogens is 236 g/mol. The molecule has 0 radical (unpaired) electrons. The molecule has 0 spiro atoms. The SMILES string of the molecule is CC(CN)C(=O)N1CCC(C(C)(C)C)CC1.Cl. The van der Waals surface area contributed by atoms with Crippen molar-refractivity contribution in [3.8, 4) is 0 Å². The van der Waals surface area contributed by atoms with E-state index in [0.717, 1.165) is 31.8 Å². The van der Waals surface area contributed by atoms with Crippen LogP contribution in [0, 0.1) is 17.3 Å². The summed E-state index contributed by atoms with van der Waals surface area (Å²) in [6.07, 6.45) is 2.26. The van der Waals surface area contributed by atoms with Crippen molar-refractivity contribution in [3.63, 3.8) is 0 Å². The van der Waals surface area contributed by atoms with Crippen molar-refractivity contribution in [1.29, 1.82) is 0 Å². The minimum absolute atomic E-state index is 0. The molecule has 1 heterocycles. The maximum absolute atomic E-state index is 11.9. The zero-order chi connectivity index (χ0) is 12.3. The van der Waals surface area contributed by atoms with E-state index < -0.39 is 0 Å². The standard InChI is InChI=1S/C13H26N2O.ClH/c1-10(9-14)12(16)15-7-5-11(6-8-15)13(2,3)4;/h10-11H,5-9,14H2,1-4H3;1H. The summed E-state index contributed by atoms with van der Waals surface area (Å²) in [7, 11) is 0. The van der Waals surface area contributed by atoms with Gasteiger partial charge in [0, 0.05) is 25.6 Å². The predicted molar refractivity (Wildman–Crippen MR) is 74.2 cm³/mol. The number of piperidine rings is 1. The molecule has 1 aliphatic rings. The first kappa shape index (κ1) is 16.7. The summed E-state index contributed by atoms with van der Waals surface area (Å²) in [6, 6.07) is 0. The normalized spacial score (nSPS) is 19.7. The van der Waals surface area contributed by atoms with Crippen molar-refractivity contribution in [2.75, 3.05) is 19.6 Å². The molecule has 1 rings (SSSR count). The van der Waals surface area contributed by atoms with Crippen LogP contribution in [0.4, 0.5) is 0 Å². The van der Waals surface area contributed by atoms with Gasteiger partial charge in [-0.25, -0.2) is 0 Å². The predicted octanol–water partition coefficient (Wildman–Crippen LogP) is 2.29. The number of carbonyl (C=O) groups excluding carboxylic acids is 1. The number of amides is 1. The van der Waals surface area contributed by atoms with Crippen molar-refractivity contribution >= 4 is 18.3 Å². The second-order valence-corrected chi connectivity index (χ2v) is 6.10. The molecule has 1 saturated heterocycles. The third-order valence-electron chi connectivity index (χ3n) is 3.81. The van der Waals surface area contributed by atoms with E-state index in [1.54, 1.807) is 0 Å². The van der Waals surface area contributed by atoms with Crippen LogP contribution in [-0.4, -0.2) is 30.4 Å². The van der Waals surface area contributed by atoms with Crippen molar-refractivity contribution in [2.24, 2.45) is 23.0 Å². The van der Waals surface area contributed by atoms with E-state index in [4.69, 9.17) is 5.73 Å². The lowest BCUT2D eigenvalue weighted by Crippen LogP contribution is -2.44. The van der Waals surface area contributed by atoms with E-state index in [1.807, 2.05) is 11.8 Å². The van der Waals surface area contributed by atoms with E-state index in [9.17, 15) is 4.79 Å². The van der Waals surface area contributed by atoms with Gasteiger partial charge in [0.1, 0.15) is 0 Å². The number of likely N-dealkylation sites (tertiary alicyclic amines) is 1. The highest BCUT2D eigenvalue weighted by Crippen LogP contribution is 2.34. The smallest absolute Gasteiger partial charge is 0.226 e. The molecule has 0 saturated carbocycles. The Hall–Kier alpha value is -0.280. The van der Waals surface area contributed by atoms with Crippen molar-refractivity contribution in [1.82, 2.24) is 4.90 Å². The summed E-state index contributed by atoms with van der Waals surface area (Å²) in [5, 5.41) is 0. The van der Waals surface area contributed by atoms with E-state index in [2.05, 4.69) is 20.8 Å². The molecule has 1 fully saturated rings. The molecule has 1 aliphatic heterocycles. The average molecular weight is 263 g/mol. The molecule has 2 N–H and O–H groups in total. The number of carbonyl (C=O) groups is 1. The highest BCUT2D eigenvalue weighted by atomic mass is 35.5. The van der Waals surface area contributed by atoms with Gasteiger partial charge in [-0.15, -0.1) is 12.4 Å². The van der Waals surface area contributed by atoms with Crippen LogP contribution in [0.2, 0.25) is 0 Å². The Balaban J connectivity index is 0.00000256. The van der Waals surface area contributed by atoms with Gasteiger partial charge in [0.2, 0.25) is 5.91 Å². The molecule has 0 bridgehead atoms. The minimum atomic E-state index is -0.0220. The van der Waals surface area contributed by atoms with E-state index in [-0.39, 0.29) is 24.2 Å². The van der Waals surface area contributed by atoms with Gasteiger partial charge in [0.05, 0.1) is 0 Å². The number of hydrogen-bond donors (Lipinski definition) is 1. The first-order valence-electron chi connectivity index (χ1n) is 6.35. The molecule has 17 heavy (non-hydrogen) atoms. The molecular formula is C13H27ClN2O. The third kappa shape index (κ3) is 4.47. The highest BCUT2D eigenvalue weighted by molar-refractivity contribution is 5.85. The topological polar surface area (TPSA) is 46.3 Å². The summed E-state index contributed by atoms with van der Waals surface area (Å²) >= 11 is 0. The Kier molecular flexibility index (Phi) is 6.49. The van der Waals surface area contributed by atoms with Gasteiger partial charge in [0.15, 0.2) is 0 Å². The number of nitrogens with two attached hydrogens (primary N) is 1. The second-order valence-electron chi connectivity index (χ2n) is 6.10.